The summed E-state index contributed by atoms with van der Waals surface area (Å²) in [4.78, 5) is 24.4. The lowest BCUT2D eigenvalue weighted by atomic mass is 10.1. The van der Waals surface area contributed by atoms with E-state index in [9.17, 15) is 19.1 Å². The Kier molecular flexibility index (Phi) is 4.75. The molecule has 0 aliphatic carbocycles. The van der Waals surface area contributed by atoms with Crippen LogP contribution in [-0.2, 0) is 24.4 Å². The Balaban J connectivity index is 1.77. The summed E-state index contributed by atoms with van der Waals surface area (Å²) < 4.78 is 21.0. The smallest absolute Gasteiger partial charge is 0.407 e. The van der Waals surface area contributed by atoms with E-state index in [-0.39, 0.29) is 13.1 Å². The number of rotatable bonds is 4. The molecule has 0 fully saturated rings. The van der Waals surface area contributed by atoms with Crippen molar-refractivity contribution in [1.29, 1.82) is 0 Å². The van der Waals surface area contributed by atoms with E-state index in [1.807, 2.05) is 6.07 Å². The molecule has 0 spiro atoms. The summed E-state index contributed by atoms with van der Waals surface area (Å²) >= 11 is 0. The number of aromatic nitrogens is 2. The number of carbonyl (C=O) groups excluding carboxylic acids is 1. The van der Waals surface area contributed by atoms with Crippen LogP contribution in [0.25, 0.3) is 11.3 Å². The van der Waals surface area contributed by atoms with Gasteiger partial charge >= 0.3 is 12.1 Å². The molecule has 1 aliphatic rings. The number of benzene rings is 2. The highest BCUT2D eigenvalue weighted by molar-refractivity contribution is 5.89. The Labute approximate surface area is 165 Å². The number of methoxy groups -OCH3 is 1. The van der Waals surface area contributed by atoms with Crippen LogP contribution in [0.3, 0.4) is 0 Å². The van der Waals surface area contributed by atoms with E-state index < -0.39 is 17.9 Å². The Morgan fingerprint density at radius 3 is 2.69 bits per heavy atom. The van der Waals surface area contributed by atoms with E-state index in [0.717, 1.165) is 5.56 Å². The van der Waals surface area contributed by atoms with Crippen LogP contribution in [0.1, 0.15) is 27.2 Å². The highest BCUT2D eigenvalue weighted by Gasteiger charge is 2.31. The van der Waals surface area contributed by atoms with Gasteiger partial charge in [-0.25, -0.2) is 14.0 Å². The van der Waals surface area contributed by atoms with Crippen LogP contribution in [0.2, 0.25) is 0 Å². The lowest BCUT2D eigenvalue weighted by Crippen LogP contribution is -2.24. The largest absolute Gasteiger partial charge is 0.465 e. The van der Waals surface area contributed by atoms with Gasteiger partial charge in [0.2, 0.25) is 0 Å². The first-order chi connectivity index (χ1) is 14.0. The first-order valence-corrected chi connectivity index (χ1v) is 8.96. The summed E-state index contributed by atoms with van der Waals surface area (Å²) in [6.07, 6.45) is -1.04. The van der Waals surface area contributed by atoms with Gasteiger partial charge in [-0.05, 0) is 29.8 Å². The number of amides is 1. The quantitative estimate of drug-likeness (QED) is 0.684. The number of ether oxygens (including phenoxy) is 1. The zero-order valence-corrected chi connectivity index (χ0v) is 15.6. The SMILES string of the molecule is COC(=O)c1cccc(Cn2nc3c(c2-c2ccccc2F)CN(C(=O)O)C3)c1. The van der Waals surface area contributed by atoms with Crippen molar-refractivity contribution in [3.8, 4) is 11.3 Å². The van der Waals surface area contributed by atoms with Gasteiger partial charge in [0, 0.05) is 11.1 Å². The molecular formula is C21H18FN3O4. The molecule has 2 heterocycles. The van der Waals surface area contributed by atoms with Crippen molar-refractivity contribution in [2.24, 2.45) is 0 Å². The number of hydrogen-bond acceptors (Lipinski definition) is 4. The third-order valence-electron chi connectivity index (χ3n) is 4.90. The summed E-state index contributed by atoms with van der Waals surface area (Å²) in [5.74, 6) is -0.852. The van der Waals surface area contributed by atoms with Gasteiger partial charge in [0.15, 0.2) is 0 Å². The number of nitrogens with zero attached hydrogens (tertiary/aromatic N) is 3. The fourth-order valence-corrected chi connectivity index (χ4v) is 3.56. The summed E-state index contributed by atoms with van der Waals surface area (Å²) in [5, 5.41) is 13.9. The standard InChI is InChI=1S/C21H18FN3O4/c1-29-20(26)14-6-4-5-13(9-14)10-25-19(15-7-2-3-8-17(15)22)16-11-24(21(27)28)12-18(16)23-25/h2-9H,10-12H2,1H3,(H,27,28). The second-order valence-corrected chi connectivity index (χ2v) is 6.74. The predicted octanol–water partition coefficient (Wildman–Crippen LogP) is 3.52. The fraction of sp³-hybridized carbons (Fsp3) is 0.190. The Morgan fingerprint density at radius 1 is 1.17 bits per heavy atom. The highest BCUT2D eigenvalue weighted by Crippen LogP contribution is 2.34. The molecule has 2 aromatic carbocycles. The first-order valence-electron chi connectivity index (χ1n) is 8.96. The van der Waals surface area contributed by atoms with Gasteiger partial charge in [-0.3, -0.25) is 9.58 Å². The third-order valence-corrected chi connectivity index (χ3v) is 4.90. The van der Waals surface area contributed by atoms with Gasteiger partial charge in [-0.15, -0.1) is 0 Å². The first kappa shape index (κ1) is 18.7. The zero-order valence-electron chi connectivity index (χ0n) is 15.6. The summed E-state index contributed by atoms with van der Waals surface area (Å²) in [7, 11) is 1.32. The fourth-order valence-electron chi connectivity index (χ4n) is 3.56. The molecule has 0 unspecified atom stereocenters. The van der Waals surface area contributed by atoms with Gasteiger partial charge < -0.3 is 9.84 Å². The Bertz CT molecular complexity index is 1110. The van der Waals surface area contributed by atoms with Crippen molar-refractivity contribution in [3.05, 3.63) is 76.7 Å². The number of esters is 1. The topological polar surface area (TPSA) is 84.7 Å². The molecule has 1 aliphatic heterocycles. The molecule has 0 radical (unpaired) electrons. The van der Waals surface area contributed by atoms with Crippen LogP contribution in [0, 0.1) is 5.82 Å². The van der Waals surface area contributed by atoms with E-state index >= 15 is 0 Å². The van der Waals surface area contributed by atoms with Gasteiger partial charge in [0.25, 0.3) is 0 Å². The molecule has 7 nitrogen and oxygen atoms in total. The molecule has 29 heavy (non-hydrogen) atoms. The lowest BCUT2D eigenvalue weighted by Gasteiger charge is -2.14. The minimum atomic E-state index is -1.04. The maximum Gasteiger partial charge on any atom is 0.407 e. The molecule has 0 atom stereocenters. The number of halogens is 1. The van der Waals surface area contributed by atoms with Crippen molar-refractivity contribution in [3.63, 3.8) is 0 Å². The minimum absolute atomic E-state index is 0.149. The minimum Gasteiger partial charge on any atom is -0.465 e. The maximum absolute atomic E-state index is 14.6. The number of carbonyl (C=O) groups is 2. The predicted molar refractivity (Wildman–Crippen MR) is 102 cm³/mol. The molecule has 8 heteroatoms. The maximum atomic E-state index is 14.6. The molecule has 148 valence electrons. The second kappa shape index (κ2) is 7.38. The number of hydrogen-bond donors (Lipinski definition) is 1. The van der Waals surface area contributed by atoms with Crippen molar-refractivity contribution in [2.75, 3.05) is 7.11 Å². The van der Waals surface area contributed by atoms with Crippen molar-refractivity contribution >= 4 is 12.1 Å². The van der Waals surface area contributed by atoms with E-state index in [0.29, 0.717) is 34.6 Å². The number of carboxylic acid groups (broad SMARTS) is 1. The van der Waals surface area contributed by atoms with Crippen LogP contribution in [-0.4, -0.2) is 39.0 Å². The molecule has 1 aromatic heterocycles. The van der Waals surface area contributed by atoms with E-state index in [4.69, 9.17) is 4.74 Å². The average molecular weight is 395 g/mol. The van der Waals surface area contributed by atoms with Gasteiger partial charge in [-0.2, -0.15) is 5.10 Å². The van der Waals surface area contributed by atoms with E-state index in [1.165, 1.54) is 18.1 Å². The van der Waals surface area contributed by atoms with Crippen molar-refractivity contribution in [1.82, 2.24) is 14.7 Å². The molecular weight excluding hydrogens is 377 g/mol. The van der Waals surface area contributed by atoms with Crippen LogP contribution in [0.4, 0.5) is 9.18 Å². The van der Waals surface area contributed by atoms with E-state index in [1.54, 1.807) is 41.1 Å². The third kappa shape index (κ3) is 3.44. The van der Waals surface area contributed by atoms with Gasteiger partial charge in [-0.1, -0.05) is 24.3 Å². The van der Waals surface area contributed by atoms with E-state index in [2.05, 4.69) is 5.10 Å². The number of fused-ring (bicyclic) bond motifs is 1. The molecule has 1 N–H and O–H groups in total. The summed E-state index contributed by atoms with van der Waals surface area (Å²) in [6, 6.07) is 13.3. The molecule has 1 amide bonds. The Morgan fingerprint density at radius 2 is 1.97 bits per heavy atom. The summed E-state index contributed by atoms with van der Waals surface area (Å²) in [6.45, 7) is 0.604. The lowest BCUT2D eigenvalue weighted by molar-refractivity contribution is 0.0600. The normalized spacial score (nSPS) is 12.7. The molecule has 3 aromatic rings. The molecule has 0 bridgehead atoms. The second-order valence-electron chi connectivity index (χ2n) is 6.74. The average Bonchev–Trinajstić information content (AvgIpc) is 3.26. The summed E-state index contributed by atoms with van der Waals surface area (Å²) in [5.41, 5.74) is 3.41. The van der Waals surface area contributed by atoms with Crippen LogP contribution >= 0.6 is 0 Å². The van der Waals surface area contributed by atoms with Gasteiger partial charge in [0.1, 0.15) is 5.82 Å². The Hall–Kier alpha value is -3.68. The van der Waals surface area contributed by atoms with Crippen molar-refractivity contribution in [2.45, 2.75) is 19.6 Å². The molecule has 0 saturated carbocycles. The zero-order chi connectivity index (χ0) is 20.5. The van der Waals surface area contributed by atoms with Gasteiger partial charge in [0.05, 0.1) is 43.7 Å². The molecule has 4 rings (SSSR count). The monoisotopic (exact) mass is 395 g/mol. The van der Waals surface area contributed by atoms with Crippen LogP contribution < -0.4 is 0 Å². The van der Waals surface area contributed by atoms with Crippen molar-refractivity contribution < 1.29 is 23.8 Å². The van der Waals surface area contributed by atoms with Crippen LogP contribution in [0.5, 0.6) is 0 Å². The molecule has 0 saturated heterocycles. The highest BCUT2D eigenvalue weighted by atomic mass is 19.1. The van der Waals surface area contributed by atoms with Crippen LogP contribution in [0.15, 0.2) is 48.5 Å².